The normalized spacial score (nSPS) is 11.8. The number of ether oxygens (including phenoxy) is 1. The number of hydrogen-bond acceptors (Lipinski definition) is 6. The summed E-state index contributed by atoms with van der Waals surface area (Å²) in [6.07, 6.45) is 1.48. The second-order valence-corrected chi connectivity index (χ2v) is 8.59. The predicted molar refractivity (Wildman–Crippen MR) is 101 cm³/mol. The number of halogens is 2. The summed E-state index contributed by atoms with van der Waals surface area (Å²) in [5, 5.41) is 13.9. The zero-order valence-corrected chi connectivity index (χ0v) is 16.3. The molecule has 0 amide bonds. The van der Waals surface area contributed by atoms with Crippen molar-refractivity contribution >= 4 is 49.0 Å². The molecule has 0 atom stereocenters. The van der Waals surface area contributed by atoms with Crippen LogP contribution in [-0.2, 0) is 0 Å². The topological polar surface area (TPSA) is 67.3 Å². The molecule has 2 N–H and O–H groups in total. The molecule has 132 valence electrons. The maximum absolute atomic E-state index is 13.6. The van der Waals surface area contributed by atoms with Crippen molar-refractivity contribution in [1.82, 2.24) is 9.97 Å². The highest BCUT2D eigenvalue weighted by molar-refractivity contribution is 9.11. The average Bonchev–Trinajstić information content (AvgIpc) is 2.82. The second kappa shape index (κ2) is 6.86. The van der Waals surface area contributed by atoms with Crippen LogP contribution < -0.4 is 10.1 Å². The third-order valence-corrected chi connectivity index (χ3v) is 5.51. The lowest BCUT2D eigenvalue weighted by Gasteiger charge is -2.20. The molecule has 0 aliphatic heterocycles. The first-order chi connectivity index (χ1) is 11.7. The number of aliphatic hydroxyl groups is 1. The summed E-state index contributed by atoms with van der Waals surface area (Å²) in [6.45, 7) is 5.26. The Morgan fingerprint density at radius 1 is 1.36 bits per heavy atom. The van der Waals surface area contributed by atoms with Gasteiger partial charge in [0.05, 0.1) is 20.5 Å². The summed E-state index contributed by atoms with van der Waals surface area (Å²) >= 11 is 5.04. The van der Waals surface area contributed by atoms with Crippen molar-refractivity contribution in [3.63, 3.8) is 0 Å². The fraction of sp³-hybridized carbons (Fsp3) is 0.294. The van der Waals surface area contributed by atoms with Gasteiger partial charge in [-0.05, 0) is 54.4 Å². The van der Waals surface area contributed by atoms with Crippen LogP contribution in [0.15, 0.2) is 28.3 Å². The van der Waals surface area contributed by atoms with Crippen molar-refractivity contribution in [3.8, 4) is 5.75 Å². The van der Waals surface area contributed by atoms with E-state index in [9.17, 15) is 9.50 Å². The lowest BCUT2D eigenvalue weighted by Crippen LogP contribution is -2.28. The Morgan fingerprint density at radius 3 is 2.84 bits per heavy atom. The van der Waals surface area contributed by atoms with Gasteiger partial charge in [-0.1, -0.05) is 0 Å². The molecular weight excluding hydrogens is 409 g/mol. The summed E-state index contributed by atoms with van der Waals surface area (Å²) < 4.78 is 20.2. The molecule has 0 unspecified atom stereocenters. The number of fused-ring (bicyclic) bond motifs is 1. The number of aryl methyl sites for hydroxylation is 1. The van der Waals surface area contributed by atoms with Gasteiger partial charge in [0.25, 0.3) is 0 Å². The van der Waals surface area contributed by atoms with Gasteiger partial charge >= 0.3 is 0 Å². The minimum atomic E-state index is -1.03. The van der Waals surface area contributed by atoms with Crippen LogP contribution >= 0.6 is 27.3 Å². The van der Waals surface area contributed by atoms with E-state index in [-0.39, 0.29) is 6.61 Å². The first-order valence-electron chi connectivity index (χ1n) is 7.56. The summed E-state index contributed by atoms with van der Waals surface area (Å²) in [5.74, 6) is 0.503. The molecule has 5 nitrogen and oxygen atoms in total. The highest BCUT2D eigenvalue weighted by Gasteiger charge is 2.17. The minimum Gasteiger partial charge on any atom is -0.488 e. The number of anilines is 2. The first kappa shape index (κ1) is 18.0. The van der Waals surface area contributed by atoms with Crippen molar-refractivity contribution in [1.29, 1.82) is 0 Å². The van der Waals surface area contributed by atoms with Gasteiger partial charge in [0.15, 0.2) is 0 Å². The van der Waals surface area contributed by atoms with E-state index in [1.807, 2.05) is 6.92 Å². The van der Waals surface area contributed by atoms with Crippen molar-refractivity contribution < 1.29 is 14.2 Å². The van der Waals surface area contributed by atoms with E-state index in [1.165, 1.54) is 29.8 Å². The molecular formula is C17H17BrFN3O2S. The van der Waals surface area contributed by atoms with E-state index in [4.69, 9.17) is 4.74 Å². The standard InChI is InChI=1S/C17H17BrFN3O2S/c1-9-13-15(20-8-21-16(13)25-14(9)18)22-11-5-4-10(19)6-12(11)24-7-17(2,3)23/h4-6,8,23H,7H2,1-3H3,(H,20,21,22). The largest absolute Gasteiger partial charge is 0.488 e. The van der Waals surface area contributed by atoms with Crippen LogP contribution in [0.2, 0.25) is 0 Å². The van der Waals surface area contributed by atoms with Gasteiger partial charge in [0, 0.05) is 6.07 Å². The molecule has 0 radical (unpaired) electrons. The molecule has 0 aliphatic carbocycles. The Bertz CT molecular complexity index is 924. The number of thiophene rings is 1. The fourth-order valence-corrected chi connectivity index (χ4v) is 3.77. The van der Waals surface area contributed by atoms with E-state index in [0.717, 1.165) is 19.6 Å². The van der Waals surface area contributed by atoms with Crippen LogP contribution in [0.3, 0.4) is 0 Å². The summed E-state index contributed by atoms with van der Waals surface area (Å²) in [6, 6.07) is 4.21. The van der Waals surface area contributed by atoms with Gasteiger partial charge in [-0.15, -0.1) is 11.3 Å². The van der Waals surface area contributed by atoms with E-state index in [2.05, 4.69) is 31.2 Å². The van der Waals surface area contributed by atoms with Gasteiger partial charge in [0.2, 0.25) is 0 Å². The lowest BCUT2D eigenvalue weighted by molar-refractivity contribution is 0.0286. The zero-order chi connectivity index (χ0) is 18.2. The van der Waals surface area contributed by atoms with Gasteiger partial charge < -0.3 is 15.2 Å². The molecule has 0 spiro atoms. The number of nitrogens with one attached hydrogen (secondary N) is 1. The van der Waals surface area contributed by atoms with Crippen LogP contribution in [0.25, 0.3) is 10.2 Å². The van der Waals surface area contributed by atoms with Crippen molar-refractivity contribution in [2.45, 2.75) is 26.4 Å². The van der Waals surface area contributed by atoms with E-state index >= 15 is 0 Å². The molecule has 3 aromatic rings. The third-order valence-electron chi connectivity index (χ3n) is 3.45. The van der Waals surface area contributed by atoms with Gasteiger partial charge in [-0.25, -0.2) is 14.4 Å². The predicted octanol–water partition coefficient (Wildman–Crippen LogP) is 4.79. The molecule has 0 saturated heterocycles. The molecule has 0 aliphatic rings. The number of hydrogen-bond donors (Lipinski definition) is 2. The van der Waals surface area contributed by atoms with Crippen LogP contribution in [-0.4, -0.2) is 27.3 Å². The average molecular weight is 426 g/mol. The maximum atomic E-state index is 13.6. The van der Waals surface area contributed by atoms with Crippen LogP contribution in [0.1, 0.15) is 19.4 Å². The quantitative estimate of drug-likeness (QED) is 0.614. The fourth-order valence-electron chi connectivity index (χ4n) is 2.24. The summed E-state index contributed by atoms with van der Waals surface area (Å²) in [7, 11) is 0. The van der Waals surface area contributed by atoms with E-state index < -0.39 is 11.4 Å². The first-order valence-corrected chi connectivity index (χ1v) is 9.17. The highest BCUT2D eigenvalue weighted by Crippen LogP contribution is 2.38. The van der Waals surface area contributed by atoms with Crippen LogP contribution in [0, 0.1) is 12.7 Å². The number of aromatic nitrogens is 2. The monoisotopic (exact) mass is 425 g/mol. The molecule has 2 aromatic heterocycles. The number of benzene rings is 1. The Hall–Kier alpha value is -1.77. The molecule has 0 saturated carbocycles. The SMILES string of the molecule is Cc1c(Br)sc2ncnc(Nc3ccc(F)cc3OCC(C)(C)O)c12. The van der Waals surface area contributed by atoms with Gasteiger partial charge in [-0.3, -0.25) is 0 Å². The van der Waals surface area contributed by atoms with Crippen LogP contribution in [0.4, 0.5) is 15.9 Å². The summed E-state index contributed by atoms with van der Waals surface area (Å²) in [5.41, 5.74) is 0.567. The van der Waals surface area contributed by atoms with Crippen molar-refractivity contribution in [3.05, 3.63) is 39.7 Å². The second-order valence-electron chi connectivity index (χ2n) is 6.27. The molecule has 2 heterocycles. The Kier molecular flexibility index (Phi) is 4.95. The molecule has 1 aromatic carbocycles. The van der Waals surface area contributed by atoms with Gasteiger partial charge in [-0.2, -0.15) is 0 Å². The lowest BCUT2D eigenvalue weighted by atomic mass is 10.1. The van der Waals surface area contributed by atoms with E-state index in [0.29, 0.717) is 17.3 Å². The van der Waals surface area contributed by atoms with E-state index in [1.54, 1.807) is 19.9 Å². The Balaban J connectivity index is 1.98. The molecule has 0 fully saturated rings. The molecule has 0 bridgehead atoms. The van der Waals surface area contributed by atoms with Crippen molar-refractivity contribution in [2.24, 2.45) is 0 Å². The van der Waals surface area contributed by atoms with Gasteiger partial charge in [0.1, 0.15) is 35.1 Å². The summed E-state index contributed by atoms with van der Waals surface area (Å²) in [4.78, 5) is 9.45. The third kappa shape index (κ3) is 4.08. The maximum Gasteiger partial charge on any atom is 0.145 e. The van der Waals surface area contributed by atoms with Crippen LogP contribution in [0.5, 0.6) is 5.75 Å². The Morgan fingerprint density at radius 2 is 2.12 bits per heavy atom. The number of nitrogens with zero attached hydrogens (tertiary/aromatic N) is 2. The number of rotatable bonds is 5. The molecule has 8 heteroatoms. The zero-order valence-electron chi connectivity index (χ0n) is 13.9. The molecule has 3 rings (SSSR count). The minimum absolute atomic E-state index is 0.0351. The molecule has 25 heavy (non-hydrogen) atoms. The Labute approximate surface area is 157 Å². The highest BCUT2D eigenvalue weighted by atomic mass is 79.9. The van der Waals surface area contributed by atoms with Crippen molar-refractivity contribution in [2.75, 3.05) is 11.9 Å². The smallest absolute Gasteiger partial charge is 0.145 e.